The van der Waals surface area contributed by atoms with Crippen LogP contribution in [-0.4, -0.2) is 12.3 Å². The molecule has 2 aromatic carbocycles. The summed E-state index contributed by atoms with van der Waals surface area (Å²) >= 11 is 0. The summed E-state index contributed by atoms with van der Waals surface area (Å²) in [6.07, 6.45) is 0. The SMILES string of the molecule is C=NN/C(=N\N)P(c1ccccc1)c1ccccc1. The minimum absolute atomic E-state index is 0.627. The van der Waals surface area contributed by atoms with Crippen molar-refractivity contribution in [1.29, 1.82) is 0 Å². The molecule has 0 bridgehead atoms. The van der Waals surface area contributed by atoms with Gasteiger partial charge >= 0.3 is 0 Å². The molecule has 0 spiro atoms. The quantitative estimate of drug-likeness (QED) is 0.291. The highest BCUT2D eigenvalue weighted by Gasteiger charge is 2.19. The van der Waals surface area contributed by atoms with Gasteiger partial charge < -0.3 is 5.84 Å². The summed E-state index contributed by atoms with van der Waals surface area (Å²) in [6, 6.07) is 20.2. The van der Waals surface area contributed by atoms with Crippen molar-refractivity contribution >= 4 is 30.8 Å². The van der Waals surface area contributed by atoms with Crippen molar-refractivity contribution in [2.45, 2.75) is 0 Å². The van der Waals surface area contributed by atoms with Gasteiger partial charge in [-0.25, -0.2) is 0 Å². The number of hydrazone groups is 2. The zero-order chi connectivity index (χ0) is 13.5. The Bertz CT molecular complexity index is 515. The fraction of sp³-hybridized carbons (Fsp3) is 0. The Morgan fingerprint density at radius 1 is 0.947 bits per heavy atom. The summed E-state index contributed by atoms with van der Waals surface area (Å²) < 4.78 is 0. The van der Waals surface area contributed by atoms with Crippen LogP contribution in [0.3, 0.4) is 0 Å². The minimum atomic E-state index is -0.840. The maximum absolute atomic E-state index is 5.49. The Balaban J connectivity index is 2.48. The van der Waals surface area contributed by atoms with Gasteiger partial charge in [-0.1, -0.05) is 60.7 Å². The van der Waals surface area contributed by atoms with Crippen molar-refractivity contribution in [3.8, 4) is 0 Å². The first kappa shape index (κ1) is 13.2. The largest absolute Gasteiger partial charge is 0.321 e. The van der Waals surface area contributed by atoms with Crippen LogP contribution in [0.25, 0.3) is 0 Å². The highest BCUT2D eigenvalue weighted by molar-refractivity contribution is 7.87. The standard InChI is InChI=1S/C14H15N4P/c1-16-18-14(17-15)19(12-8-4-2-5-9-12)13-10-6-3-7-11-13/h2-11H,1,15H2,(H,17,18). The molecule has 0 saturated heterocycles. The molecule has 3 N–H and O–H groups in total. The van der Waals surface area contributed by atoms with Crippen molar-refractivity contribution in [3.05, 3.63) is 60.7 Å². The van der Waals surface area contributed by atoms with Crippen LogP contribution < -0.4 is 21.9 Å². The molecule has 0 amide bonds. The van der Waals surface area contributed by atoms with Crippen molar-refractivity contribution in [3.63, 3.8) is 0 Å². The van der Waals surface area contributed by atoms with Gasteiger partial charge in [-0.3, -0.25) is 5.43 Å². The smallest absolute Gasteiger partial charge is 0.173 e. The molecule has 0 aliphatic rings. The van der Waals surface area contributed by atoms with Gasteiger partial charge in [0.25, 0.3) is 0 Å². The lowest BCUT2D eigenvalue weighted by Crippen LogP contribution is -2.27. The Hall–Kier alpha value is -2.19. The lowest BCUT2D eigenvalue weighted by Gasteiger charge is -2.19. The molecule has 0 radical (unpaired) electrons. The van der Waals surface area contributed by atoms with Crippen LogP contribution in [0.2, 0.25) is 0 Å². The number of nitrogens with zero attached hydrogens (tertiary/aromatic N) is 2. The maximum Gasteiger partial charge on any atom is 0.173 e. The van der Waals surface area contributed by atoms with Gasteiger partial charge in [0.15, 0.2) is 5.58 Å². The number of hydrogen-bond acceptors (Lipinski definition) is 3. The Kier molecular flexibility index (Phi) is 4.65. The van der Waals surface area contributed by atoms with E-state index in [1.165, 1.54) is 0 Å². The first-order valence-corrected chi connectivity index (χ1v) is 7.11. The number of amidine groups is 1. The molecule has 4 nitrogen and oxygen atoms in total. The maximum atomic E-state index is 5.49. The van der Waals surface area contributed by atoms with E-state index in [9.17, 15) is 0 Å². The van der Waals surface area contributed by atoms with Gasteiger partial charge in [0, 0.05) is 14.6 Å². The van der Waals surface area contributed by atoms with E-state index in [2.05, 4.69) is 46.6 Å². The molecular weight excluding hydrogens is 255 g/mol. The third kappa shape index (κ3) is 3.18. The third-order valence-electron chi connectivity index (χ3n) is 2.54. The number of rotatable bonds is 4. The summed E-state index contributed by atoms with van der Waals surface area (Å²) in [7, 11) is -0.840. The summed E-state index contributed by atoms with van der Waals surface area (Å²) in [5.74, 6) is 5.49. The molecular formula is C14H15N4P. The Morgan fingerprint density at radius 2 is 1.42 bits per heavy atom. The van der Waals surface area contributed by atoms with E-state index in [0.717, 1.165) is 10.6 Å². The molecule has 19 heavy (non-hydrogen) atoms. The fourth-order valence-corrected chi connectivity index (χ4v) is 3.77. The fourth-order valence-electron chi connectivity index (χ4n) is 1.76. The Morgan fingerprint density at radius 3 is 1.79 bits per heavy atom. The molecule has 0 atom stereocenters. The lowest BCUT2D eigenvalue weighted by molar-refractivity contribution is 1.04. The van der Waals surface area contributed by atoms with Crippen molar-refractivity contribution in [2.75, 3.05) is 0 Å². The summed E-state index contributed by atoms with van der Waals surface area (Å²) in [5.41, 5.74) is 3.42. The molecule has 0 saturated carbocycles. The van der Waals surface area contributed by atoms with Crippen LogP contribution in [0.15, 0.2) is 70.9 Å². The van der Waals surface area contributed by atoms with Crippen molar-refractivity contribution in [1.82, 2.24) is 5.43 Å². The molecule has 0 aromatic heterocycles. The number of benzene rings is 2. The van der Waals surface area contributed by atoms with Crippen LogP contribution in [-0.2, 0) is 0 Å². The van der Waals surface area contributed by atoms with E-state index in [0.29, 0.717) is 5.58 Å². The van der Waals surface area contributed by atoms with E-state index in [-0.39, 0.29) is 0 Å². The zero-order valence-corrected chi connectivity index (χ0v) is 11.3. The monoisotopic (exact) mass is 270 g/mol. The van der Waals surface area contributed by atoms with Crippen LogP contribution in [0.5, 0.6) is 0 Å². The second-order valence-corrected chi connectivity index (χ2v) is 5.86. The second kappa shape index (κ2) is 6.66. The highest BCUT2D eigenvalue weighted by Crippen LogP contribution is 2.33. The number of nitrogens with two attached hydrogens (primary N) is 1. The molecule has 0 unspecified atom stereocenters. The Labute approximate surface area is 113 Å². The van der Waals surface area contributed by atoms with E-state index in [1.807, 2.05) is 36.4 Å². The average molecular weight is 270 g/mol. The van der Waals surface area contributed by atoms with Gasteiger partial charge in [-0.05, 0) is 10.6 Å². The van der Waals surface area contributed by atoms with E-state index >= 15 is 0 Å². The van der Waals surface area contributed by atoms with Crippen LogP contribution in [0.4, 0.5) is 0 Å². The predicted octanol–water partition coefficient (Wildman–Crippen LogP) is 1.55. The van der Waals surface area contributed by atoms with E-state index in [1.54, 1.807) is 0 Å². The van der Waals surface area contributed by atoms with Gasteiger partial charge in [-0.2, -0.15) is 10.2 Å². The molecule has 0 aliphatic heterocycles. The van der Waals surface area contributed by atoms with Crippen molar-refractivity contribution < 1.29 is 0 Å². The number of nitrogens with one attached hydrogen (secondary N) is 1. The molecule has 2 rings (SSSR count). The molecule has 0 fully saturated rings. The summed E-state index contributed by atoms with van der Waals surface area (Å²) in [6.45, 7) is 3.43. The van der Waals surface area contributed by atoms with Crippen LogP contribution in [0.1, 0.15) is 0 Å². The summed E-state index contributed by atoms with van der Waals surface area (Å²) in [5, 5.41) is 9.83. The van der Waals surface area contributed by atoms with E-state index < -0.39 is 7.92 Å². The van der Waals surface area contributed by atoms with Gasteiger partial charge in [-0.15, -0.1) is 0 Å². The van der Waals surface area contributed by atoms with Gasteiger partial charge in [0.05, 0.1) is 0 Å². The molecule has 0 aliphatic carbocycles. The van der Waals surface area contributed by atoms with E-state index in [4.69, 9.17) is 5.84 Å². The highest BCUT2D eigenvalue weighted by atomic mass is 31.1. The third-order valence-corrected chi connectivity index (χ3v) is 4.81. The second-order valence-electron chi connectivity index (χ2n) is 3.73. The zero-order valence-electron chi connectivity index (χ0n) is 10.4. The lowest BCUT2D eigenvalue weighted by atomic mass is 10.4. The predicted molar refractivity (Wildman–Crippen MR) is 83.4 cm³/mol. The molecule has 96 valence electrons. The van der Waals surface area contributed by atoms with Crippen LogP contribution >= 0.6 is 7.92 Å². The molecule has 0 heterocycles. The molecule has 5 heteroatoms. The topological polar surface area (TPSA) is 62.8 Å². The van der Waals surface area contributed by atoms with Gasteiger partial charge in [0.2, 0.25) is 0 Å². The molecule has 2 aromatic rings. The van der Waals surface area contributed by atoms with Crippen LogP contribution in [0, 0.1) is 0 Å². The van der Waals surface area contributed by atoms with Gasteiger partial charge in [0.1, 0.15) is 0 Å². The van der Waals surface area contributed by atoms with Crippen molar-refractivity contribution in [2.24, 2.45) is 16.0 Å². The minimum Gasteiger partial charge on any atom is -0.321 e. The first-order valence-electron chi connectivity index (χ1n) is 5.76. The average Bonchev–Trinajstić information content (AvgIpc) is 2.49. The number of hydrogen-bond donors (Lipinski definition) is 2. The first-order chi connectivity index (χ1) is 9.36. The summed E-state index contributed by atoms with van der Waals surface area (Å²) in [4.78, 5) is 0. The normalized spacial score (nSPS) is 11.3.